The van der Waals surface area contributed by atoms with Crippen LogP contribution in [0.3, 0.4) is 0 Å². The highest BCUT2D eigenvalue weighted by Crippen LogP contribution is 2.44. The monoisotopic (exact) mass is 685 g/mol. The molecule has 0 aliphatic carbocycles. The van der Waals surface area contributed by atoms with Crippen molar-refractivity contribution in [2.24, 2.45) is 0 Å². The molecule has 7 aromatic carbocycles. The third kappa shape index (κ3) is 4.42. The second kappa shape index (κ2) is 11.2. The first-order valence-electron chi connectivity index (χ1n) is 17.1. The highest BCUT2D eigenvalue weighted by Gasteiger charge is 2.19. The average molecular weight is 686 g/mol. The molecule has 0 aliphatic rings. The Hall–Kier alpha value is -6.14. The Morgan fingerprint density at radius 2 is 1.00 bits per heavy atom. The van der Waals surface area contributed by atoms with Crippen LogP contribution in [0.1, 0.15) is 0 Å². The van der Waals surface area contributed by atoms with Gasteiger partial charge in [-0.25, -0.2) is 9.97 Å². The van der Waals surface area contributed by atoms with E-state index in [9.17, 15) is 0 Å². The van der Waals surface area contributed by atoms with Crippen LogP contribution in [0.15, 0.2) is 164 Å². The van der Waals surface area contributed by atoms with E-state index in [1.54, 1.807) is 0 Å². The number of nitrogens with zero attached hydrogens (tertiary/aromatic N) is 3. The number of aromatic nitrogens is 3. The van der Waals surface area contributed by atoms with Crippen molar-refractivity contribution >= 4 is 84.8 Å². The summed E-state index contributed by atoms with van der Waals surface area (Å²) in [5, 5.41) is 7.75. The van der Waals surface area contributed by atoms with E-state index >= 15 is 0 Å². The molecule has 0 bridgehead atoms. The maximum absolute atomic E-state index is 5.26. The maximum Gasteiger partial charge on any atom is 0.161 e. The molecule has 0 fully saturated rings. The Kier molecular flexibility index (Phi) is 6.29. The third-order valence-corrected chi connectivity index (χ3v) is 12.5. The summed E-state index contributed by atoms with van der Waals surface area (Å²) in [5.74, 6) is 0.738. The molecule has 3 nitrogen and oxygen atoms in total. The van der Waals surface area contributed by atoms with Gasteiger partial charge < -0.3 is 4.57 Å². The zero-order valence-electron chi connectivity index (χ0n) is 27.2. The molecule has 11 rings (SSSR count). The van der Waals surface area contributed by atoms with Gasteiger partial charge in [0.25, 0.3) is 0 Å². The van der Waals surface area contributed by atoms with Crippen LogP contribution in [0.25, 0.3) is 102 Å². The minimum absolute atomic E-state index is 0.738. The van der Waals surface area contributed by atoms with Gasteiger partial charge in [0.15, 0.2) is 5.82 Å². The van der Waals surface area contributed by atoms with E-state index in [4.69, 9.17) is 9.97 Å². The van der Waals surface area contributed by atoms with Crippen LogP contribution in [-0.2, 0) is 0 Å². The minimum Gasteiger partial charge on any atom is -0.309 e. The van der Waals surface area contributed by atoms with Crippen LogP contribution in [0.2, 0.25) is 0 Å². The van der Waals surface area contributed by atoms with Gasteiger partial charge in [0.2, 0.25) is 0 Å². The van der Waals surface area contributed by atoms with Crippen molar-refractivity contribution in [1.82, 2.24) is 14.5 Å². The minimum atomic E-state index is 0.738. The van der Waals surface area contributed by atoms with E-state index in [-0.39, 0.29) is 0 Å². The zero-order valence-corrected chi connectivity index (χ0v) is 28.9. The third-order valence-electron chi connectivity index (χ3n) is 10.0. The Bertz CT molecular complexity index is 3130. The first-order valence-corrected chi connectivity index (χ1v) is 18.7. The summed E-state index contributed by atoms with van der Waals surface area (Å²) >= 11 is 3.70. The SMILES string of the molecule is c1ccc(-c2cc(-c3ccc(-n4c5ccccc5c5c6sc7ccccc7c6ccc54)cc3)nc(-c3cccc4c3sc3ccccc34)n2)cc1. The molecule has 5 heteroatoms. The summed E-state index contributed by atoms with van der Waals surface area (Å²) in [7, 11) is 0. The van der Waals surface area contributed by atoms with E-state index in [0.29, 0.717) is 0 Å². The van der Waals surface area contributed by atoms with Crippen molar-refractivity contribution in [2.75, 3.05) is 0 Å². The molecule has 4 heterocycles. The molecule has 0 N–H and O–H groups in total. The largest absolute Gasteiger partial charge is 0.309 e. The predicted octanol–water partition coefficient (Wildman–Crippen LogP) is 13.3. The normalized spacial score (nSPS) is 11.9. The summed E-state index contributed by atoms with van der Waals surface area (Å²) in [4.78, 5) is 10.4. The van der Waals surface area contributed by atoms with Crippen LogP contribution in [0, 0.1) is 0 Å². The van der Waals surface area contributed by atoms with Crippen molar-refractivity contribution in [3.05, 3.63) is 164 Å². The molecule has 238 valence electrons. The fourth-order valence-electron chi connectivity index (χ4n) is 7.69. The molecular formula is C46H27N3S2. The second-order valence-electron chi connectivity index (χ2n) is 12.9. The molecule has 0 radical (unpaired) electrons. The second-order valence-corrected chi connectivity index (χ2v) is 15.0. The number of hydrogen-bond acceptors (Lipinski definition) is 4. The lowest BCUT2D eigenvalue weighted by Gasteiger charge is -2.12. The molecule has 51 heavy (non-hydrogen) atoms. The van der Waals surface area contributed by atoms with Gasteiger partial charge in [-0.05, 0) is 48.5 Å². The highest BCUT2D eigenvalue weighted by molar-refractivity contribution is 7.27. The maximum atomic E-state index is 5.26. The van der Waals surface area contributed by atoms with Gasteiger partial charge in [-0.15, -0.1) is 22.7 Å². The van der Waals surface area contributed by atoms with Gasteiger partial charge in [0.1, 0.15) is 0 Å². The summed E-state index contributed by atoms with van der Waals surface area (Å²) in [5.41, 5.74) is 8.54. The van der Waals surface area contributed by atoms with Crippen LogP contribution in [-0.4, -0.2) is 14.5 Å². The molecule has 0 spiro atoms. The lowest BCUT2D eigenvalue weighted by Crippen LogP contribution is -1.97. The molecule has 0 saturated carbocycles. The fourth-order valence-corrected chi connectivity index (χ4v) is 10.2. The van der Waals surface area contributed by atoms with Gasteiger partial charge in [-0.2, -0.15) is 0 Å². The Morgan fingerprint density at radius 3 is 1.75 bits per heavy atom. The first kappa shape index (κ1) is 28.7. The van der Waals surface area contributed by atoms with Gasteiger partial charge in [-0.3, -0.25) is 0 Å². The van der Waals surface area contributed by atoms with Crippen molar-refractivity contribution in [2.45, 2.75) is 0 Å². The Balaban J connectivity index is 1.08. The number of benzene rings is 7. The highest BCUT2D eigenvalue weighted by atomic mass is 32.1. The smallest absolute Gasteiger partial charge is 0.161 e. The standard InChI is InChI=1S/C46H27N3S2/c1-2-11-28(12-3-1)37-27-38(48-46(47-37)36-17-10-16-33-31-13-5-8-19-41(31)50-44(33)36)29-21-23-30(24-22-29)49-39-18-7-4-15-35(39)43-40(49)26-25-34-32-14-6-9-20-42(32)51-45(34)43/h1-27H. The van der Waals surface area contributed by atoms with Crippen molar-refractivity contribution in [1.29, 1.82) is 0 Å². The molecule has 0 saturated heterocycles. The number of para-hydroxylation sites is 1. The molecule has 0 atom stereocenters. The van der Waals surface area contributed by atoms with Crippen LogP contribution >= 0.6 is 22.7 Å². The van der Waals surface area contributed by atoms with Crippen molar-refractivity contribution in [3.8, 4) is 39.6 Å². The van der Waals surface area contributed by atoms with E-state index in [1.807, 2.05) is 28.7 Å². The Labute approximate surface area is 301 Å². The number of hydrogen-bond donors (Lipinski definition) is 0. The molecule has 0 aliphatic heterocycles. The summed E-state index contributed by atoms with van der Waals surface area (Å²) in [6, 6.07) is 58.6. The molecule has 0 amide bonds. The predicted molar refractivity (Wildman–Crippen MR) is 218 cm³/mol. The fraction of sp³-hybridized carbons (Fsp3) is 0. The van der Waals surface area contributed by atoms with Crippen molar-refractivity contribution < 1.29 is 0 Å². The van der Waals surface area contributed by atoms with Crippen LogP contribution in [0.5, 0.6) is 0 Å². The summed E-state index contributed by atoms with van der Waals surface area (Å²) < 4.78 is 7.55. The van der Waals surface area contributed by atoms with E-state index in [0.717, 1.165) is 39.6 Å². The van der Waals surface area contributed by atoms with Gasteiger partial charge in [0.05, 0.1) is 22.4 Å². The summed E-state index contributed by atoms with van der Waals surface area (Å²) in [6.45, 7) is 0. The average Bonchev–Trinajstić information content (AvgIpc) is 3.88. The lowest BCUT2D eigenvalue weighted by atomic mass is 10.1. The van der Waals surface area contributed by atoms with Gasteiger partial charge in [-0.1, -0.05) is 115 Å². The lowest BCUT2D eigenvalue weighted by molar-refractivity contribution is 1.17. The number of fused-ring (bicyclic) bond motifs is 10. The Morgan fingerprint density at radius 1 is 0.412 bits per heavy atom. The number of thiophene rings is 2. The molecular weight excluding hydrogens is 659 g/mol. The first-order chi connectivity index (χ1) is 25.3. The number of rotatable bonds is 4. The van der Waals surface area contributed by atoms with Gasteiger partial charge >= 0.3 is 0 Å². The quantitative estimate of drug-likeness (QED) is 0.185. The van der Waals surface area contributed by atoms with Gasteiger partial charge in [0, 0.05) is 73.5 Å². The summed E-state index contributed by atoms with van der Waals surface area (Å²) in [6.07, 6.45) is 0. The van der Waals surface area contributed by atoms with Crippen LogP contribution in [0.4, 0.5) is 0 Å². The van der Waals surface area contributed by atoms with Crippen LogP contribution < -0.4 is 0 Å². The molecule has 0 unspecified atom stereocenters. The zero-order chi connectivity index (χ0) is 33.5. The van der Waals surface area contributed by atoms with E-state index in [2.05, 4.69) is 162 Å². The molecule has 4 aromatic heterocycles. The topological polar surface area (TPSA) is 30.7 Å². The molecule has 11 aromatic rings. The van der Waals surface area contributed by atoms with E-state index < -0.39 is 0 Å². The van der Waals surface area contributed by atoms with E-state index in [1.165, 1.54) is 62.2 Å². The van der Waals surface area contributed by atoms with Crippen molar-refractivity contribution in [3.63, 3.8) is 0 Å².